The average Bonchev–Trinajstić information content (AvgIpc) is 2.60. The Kier molecular flexibility index (Phi) is 6.71. The lowest BCUT2D eigenvalue weighted by Crippen LogP contribution is -2.42. The number of nitrogens with one attached hydrogen (secondary N) is 1. The van der Waals surface area contributed by atoms with E-state index in [-0.39, 0.29) is 24.3 Å². The van der Waals surface area contributed by atoms with Crippen molar-refractivity contribution in [2.24, 2.45) is 0 Å². The largest absolute Gasteiger partial charge is 0.326 e. The van der Waals surface area contributed by atoms with Crippen LogP contribution in [0.5, 0.6) is 0 Å². The Bertz CT molecular complexity index is 831. The van der Waals surface area contributed by atoms with Crippen LogP contribution in [0.3, 0.4) is 0 Å². The molecule has 0 aliphatic rings. The van der Waals surface area contributed by atoms with Crippen LogP contribution in [0, 0.1) is 6.92 Å². The van der Waals surface area contributed by atoms with Crippen molar-refractivity contribution in [3.8, 4) is 0 Å². The lowest BCUT2D eigenvalue weighted by Gasteiger charge is -2.26. The van der Waals surface area contributed by atoms with Gasteiger partial charge in [0, 0.05) is 37.5 Å². The molecule has 0 aromatic heterocycles. The maximum absolute atomic E-state index is 12.9. The highest BCUT2D eigenvalue weighted by atomic mass is 16.2. The van der Waals surface area contributed by atoms with Crippen LogP contribution in [0.15, 0.2) is 48.5 Å². The van der Waals surface area contributed by atoms with E-state index in [1.165, 1.54) is 18.7 Å². The number of amides is 3. The minimum absolute atomic E-state index is 0.0589. The lowest BCUT2D eigenvalue weighted by molar-refractivity contribution is -0.121. The molecule has 27 heavy (non-hydrogen) atoms. The molecule has 6 heteroatoms. The number of likely N-dealkylation sites (N-methyl/N-ethyl adjacent to an activating group) is 1. The van der Waals surface area contributed by atoms with Gasteiger partial charge in [-0.25, -0.2) is 0 Å². The van der Waals surface area contributed by atoms with Crippen LogP contribution in [0.25, 0.3) is 0 Å². The molecule has 142 valence electrons. The molecule has 6 nitrogen and oxygen atoms in total. The molecule has 0 fully saturated rings. The Labute approximate surface area is 159 Å². The fraction of sp³-hybridized carbons (Fsp3) is 0.286. The molecule has 0 radical (unpaired) electrons. The summed E-state index contributed by atoms with van der Waals surface area (Å²) in [6.07, 6.45) is 0. The molecular weight excluding hydrogens is 342 g/mol. The van der Waals surface area contributed by atoms with Gasteiger partial charge in [-0.15, -0.1) is 0 Å². The zero-order valence-corrected chi connectivity index (χ0v) is 16.2. The average molecular weight is 367 g/mol. The van der Waals surface area contributed by atoms with Crippen LogP contribution in [-0.2, 0) is 14.4 Å². The molecule has 0 heterocycles. The summed E-state index contributed by atoms with van der Waals surface area (Å²) in [5.74, 6) is -0.557. The third-order valence-electron chi connectivity index (χ3n) is 4.10. The molecule has 0 saturated heterocycles. The summed E-state index contributed by atoms with van der Waals surface area (Å²) >= 11 is 0. The first-order chi connectivity index (χ1) is 12.8. The van der Waals surface area contributed by atoms with Gasteiger partial charge in [-0.1, -0.05) is 12.1 Å². The van der Waals surface area contributed by atoms with Gasteiger partial charge >= 0.3 is 0 Å². The van der Waals surface area contributed by atoms with E-state index in [1.807, 2.05) is 38.1 Å². The molecule has 2 rings (SSSR count). The number of carbonyl (C=O) groups excluding carboxylic acids is 3. The van der Waals surface area contributed by atoms with Gasteiger partial charge in [-0.05, 0) is 55.8 Å². The van der Waals surface area contributed by atoms with E-state index in [1.54, 1.807) is 29.2 Å². The van der Waals surface area contributed by atoms with Gasteiger partial charge in [0.25, 0.3) is 0 Å². The number of aryl methyl sites for hydroxylation is 1. The first-order valence-corrected chi connectivity index (χ1v) is 8.84. The Balaban J connectivity index is 2.20. The lowest BCUT2D eigenvalue weighted by atomic mass is 10.2. The van der Waals surface area contributed by atoms with Gasteiger partial charge in [-0.3, -0.25) is 14.4 Å². The molecule has 2 aromatic rings. The van der Waals surface area contributed by atoms with Crippen LogP contribution in [0.4, 0.5) is 17.1 Å². The number of rotatable bonds is 6. The number of benzene rings is 2. The van der Waals surface area contributed by atoms with Crippen molar-refractivity contribution in [2.75, 3.05) is 28.2 Å². The van der Waals surface area contributed by atoms with Gasteiger partial charge in [0.15, 0.2) is 0 Å². The Hall–Kier alpha value is -3.15. The van der Waals surface area contributed by atoms with Crippen LogP contribution < -0.4 is 15.1 Å². The first-order valence-electron chi connectivity index (χ1n) is 8.84. The summed E-state index contributed by atoms with van der Waals surface area (Å²) in [4.78, 5) is 39.2. The second-order valence-corrected chi connectivity index (χ2v) is 6.31. The fourth-order valence-electron chi connectivity index (χ4n) is 2.83. The van der Waals surface area contributed by atoms with Gasteiger partial charge in [0.05, 0.1) is 0 Å². The van der Waals surface area contributed by atoms with Crippen molar-refractivity contribution in [1.82, 2.24) is 0 Å². The molecule has 0 aliphatic heterocycles. The third-order valence-corrected chi connectivity index (χ3v) is 4.10. The molecule has 0 saturated carbocycles. The van der Waals surface area contributed by atoms with Gasteiger partial charge in [0.2, 0.25) is 17.7 Å². The molecule has 1 N–H and O–H groups in total. The van der Waals surface area contributed by atoms with E-state index in [9.17, 15) is 14.4 Å². The summed E-state index contributed by atoms with van der Waals surface area (Å²) in [7, 11) is 0. The van der Waals surface area contributed by atoms with E-state index >= 15 is 0 Å². The molecule has 0 bridgehead atoms. The predicted octanol–water partition coefficient (Wildman–Crippen LogP) is 3.36. The zero-order chi connectivity index (χ0) is 20.0. The van der Waals surface area contributed by atoms with Gasteiger partial charge in [-0.2, -0.15) is 0 Å². The summed E-state index contributed by atoms with van der Waals surface area (Å²) in [5, 5.41) is 2.68. The molecule has 3 amide bonds. The monoisotopic (exact) mass is 367 g/mol. The quantitative estimate of drug-likeness (QED) is 0.851. The number of hydrogen-bond donors (Lipinski definition) is 1. The molecule has 2 aromatic carbocycles. The number of anilines is 3. The van der Waals surface area contributed by atoms with Crippen LogP contribution in [-0.4, -0.2) is 30.8 Å². The smallest absolute Gasteiger partial charge is 0.247 e. The highest BCUT2D eigenvalue weighted by Crippen LogP contribution is 2.20. The minimum atomic E-state index is -0.226. The normalized spacial score (nSPS) is 10.2. The SMILES string of the molecule is CCN(C(=O)CN(C(C)=O)c1ccc(NC(C)=O)cc1)c1cccc(C)c1. The number of hydrogen-bond acceptors (Lipinski definition) is 3. The number of carbonyl (C=O) groups is 3. The van der Waals surface area contributed by atoms with Crippen molar-refractivity contribution < 1.29 is 14.4 Å². The maximum atomic E-state index is 12.9. The first kappa shape index (κ1) is 20.2. The minimum Gasteiger partial charge on any atom is -0.326 e. The summed E-state index contributed by atoms with van der Waals surface area (Å²) < 4.78 is 0. The maximum Gasteiger partial charge on any atom is 0.247 e. The fourth-order valence-corrected chi connectivity index (χ4v) is 2.83. The Morgan fingerprint density at radius 3 is 2.11 bits per heavy atom. The van der Waals surface area contributed by atoms with E-state index in [0.717, 1.165) is 11.3 Å². The van der Waals surface area contributed by atoms with Crippen molar-refractivity contribution in [2.45, 2.75) is 27.7 Å². The highest BCUT2D eigenvalue weighted by Gasteiger charge is 2.21. The third kappa shape index (κ3) is 5.41. The second-order valence-electron chi connectivity index (χ2n) is 6.31. The Morgan fingerprint density at radius 2 is 1.59 bits per heavy atom. The van der Waals surface area contributed by atoms with Crippen molar-refractivity contribution >= 4 is 34.8 Å². The van der Waals surface area contributed by atoms with Gasteiger partial charge < -0.3 is 15.1 Å². The Morgan fingerprint density at radius 1 is 0.926 bits per heavy atom. The van der Waals surface area contributed by atoms with E-state index in [2.05, 4.69) is 5.32 Å². The van der Waals surface area contributed by atoms with Gasteiger partial charge in [0.1, 0.15) is 6.54 Å². The van der Waals surface area contributed by atoms with E-state index in [0.29, 0.717) is 17.9 Å². The standard InChI is InChI=1S/C21H25N3O3/c1-5-23(20-8-6-7-15(2)13-20)21(27)14-24(17(4)26)19-11-9-18(10-12-19)22-16(3)25/h6-13H,5,14H2,1-4H3,(H,22,25). The topological polar surface area (TPSA) is 69.7 Å². The molecule has 0 atom stereocenters. The summed E-state index contributed by atoms with van der Waals surface area (Å²) in [6, 6.07) is 14.5. The van der Waals surface area contributed by atoms with Crippen molar-refractivity contribution in [1.29, 1.82) is 0 Å². The molecular formula is C21H25N3O3. The van der Waals surface area contributed by atoms with E-state index < -0.39 is 0 Å². The van der Waals surface area contributed by atoms with Crippen molar-refractivity contribution in [3.05, 3.63) is 54.1 Å². The highest BCUT2D eigenvalue weighted by molar-refractivity contribution is 6.03. The summed E-state index contributed by atoms with van der Waals surface area (Å²) in [6.45, 7) is 7.18. The van der Waals surface area contributed by atoms with Crippen LogP contribution in [0.2, 0.25) is 0 Å². The van der Waals surface area contributed by atoms with Crippen LogP contribution in [0.1, 0.15) is 26.3 Å². The van der Waals surface area contributed by atoms with E-state index in [4.69, 9.17) is 0 Å². The number of nitrogens with zero attached hydrogens (tertiary/aromatic N) is 2. The molecule has 0 aliphatic carbocycles. The van der Waals surface area contributed by atoms with Crippen molar-refractivity contribution in [3.63, 3.8) is 0 Å². The molecule has 0 spiro atoms. The molecule has 0 unspecified atom stereocenters. The van der Waals surface area contributed by atoms with Crippen LogP contribution >= 0.6 is 0 Å². The summed E-state index contributed by atoms with van der Waals surface area (Å²) in [5.41, 5.74) is 3.11. The zero-order valence-electron chi connectivity index (χ0n) is 16.2. The predicted molar refractivity (Wildman–Crippen MR) is 108 cm³/mol. The second kappa shape index (κ2) is 8.98.